The molecule has 2 unspecified atom stereocenters. The van der Waals surface area contributed by atoms with Crippen LogP contribution in [0.1, 0.15) is 57.7 Å². The highest BCUT2D eigenvalue weighted by atomic mass is 16.4. The van der Waals surface area contributed by atoms with Crippen LogP contribution in [0, 0.1) is 11.3 Å². The van der Waals surface area contributed by atoms with E-state index in [1.54, 1.807) is 0 Å². The lowest BCUT2D eigenvalue weighted by Crippen LogP contribution is -2.46. The van der Waals surface area contributed by atoms with Crippen molar-refractivity contribution in [2.75, 3.05) is 0 Å². The molecule has 1 aliphatic carbocycles. The van der Waals surface area contributed by atoms with Gasteiger partial charge in [-0.05, 0) is 41.7 Å². The summed E-state index contributed by atoms with van der Waals surface area (Å²) in [5, 5.41) is 12.9. The molecule has 3 nitrogen and oxygen atoms in total. The Balaban J connectivity index is 2.29. The minimum absolute atomic E-state index is 0.0685. The molecule has 0 bridgehead atoms. The second kappa shape index (κ2) is 6.18. The molecular formula is C18H27NO2. The van der Waals surface area contributed by atoms with E-state index in [0.29, 0.717) is 12.3 Å². The molecule has 3 heteroatoms. The normalized spacial score (nSPS) is 21.9. The summed E-state index contributed by atoms with van der Waals surface area (Å²) in [5.74, 6) is -0.386. The minimum Gasteiger partial charge on any atom is -0.480 e. The molecule has 2 atom stereocenters. The lowest BCUT2D eigenvalue weighted by molar-refractivity contribution is -0.140. The number of aliphatic carboxylic acids is 1. The molecule has 0 fully saturated rings. The van der Waals surface area contributed by atoms with Gasteiger partial charge in [-0.1, -0.05) is 52.0 Å². The maximum Gasteiger partial charge on any atom is 0.320 e. The van der Waals surface area contributed by atoms with E-state index in [2.05, 4.69) is 51.2 Å². The molecule has 0 aromatic heterocycles. The van der Waals surface area contributed by atoms with E-state index in [0.717, 1.165) is 12.8 Å². The summed E-state index contributed by atoms with van der Waals surface area (Å²) < 4.78 is 0. The van der Waals surface area contributed by atoms with E-state index in [9.17, 15) is 9.90 Å². The van der Waals surface area contributed by atoms with Gasteiger partial charge in [-0.15, -0.1) is 0 Å². The number of carboxylic acid groups (broad SMARTS) is 1. The van der Waals surface area contributed by atoms with Crippen molar-refractivity contribution in [1.82, 2.24) is 5.32 Å². The van der Waals surface area contributed by atoms with Crippen LogP contribution in [-0.2, 0) is 11.2 Å². The number of carboxylic acids is 1. The maximum absolute atomic E-state index is 11.6. The highest BCUT2D eigenvalue weighted by Gasteiger charge is 2.38. The van der Waals surface area contributed by atoms with E-state index in [-0.39, 0.29) is 11.5 Å². The van der Waals surface area contributed by atoms with E-state index >= 15 is 0 Å². The van der Waals surface area contributed by atoms with Gasteiger partial charge in [-0.2, -0.15) is 0 Å². The predicted octanol–water partition coefficient (Wildman–Crippen LogP) is 3.79. The number of hydrogen-bond donors (Lipinski definition) is 2. The molecule has 1 aromatic carbocycles. The van der Waals surface area contributed by atoms with Gasteiger partial charge in [0.15, 0.2) is 0 Å². The van der Waals surface area contributed by atoms with Crippen molar-refractivity contribution < 1.29 is 9.90 Å². The van der Waals surface area contributed by atoms with Gasteiger partial charge in [0.2, 0.25) is 0 Å². The average Bonchev–Trinajstić information content (AvgIpc) is 2.40. The van der Waals surface area contributed by atoms with Crippen LogP contribution in [0.3, 0.4) is 0 Å². The predicted molar refractivity (Wildman–Crippen MR) is 85.3 cm³/mol. The molecule has 0 amide bonds. The van der Waals surface area contributed by atoms with Crippen LogP contribution < -0.4 is 5.32 Å². The lowest BCUT2D eigenvalue weighted by atomic mass is 9.70. The van der Waals surface area contributed by atoms with Gasteiger partial charge in [0.05, 0.1) is 0 Å². The van der Waals surface area contributed by atoms with Gasteiger partial charge in [0, 0.05) is 6.04 Å². The van der Waals surface area contributed by atoms with Crippen molar-refractivity contribution in [1.29, 1.82) is 0 Å². The second-order valence-corrected chi connectivity index (χ2v) is 7.31. The smallest absolute Gasteiger partial charge is 0.320 e. The third kappa shape index (κ3) is 3.65. The van der Waals surface area contributed by atoms with Gasteiger partial charge in [-0.25, -0.2) is 0 Å². The highest BCUT2D eigenvalue weighted by molar-refractivity contribution is 5.73. The Morgan fingerprint density at radius 3 is 2.67 bits per heavy atom. The fourth-order valence-electron chi connectivity index (χ4n) is 3.29. The molecule has 21 heavy (non-hydrogen) atoms. The number of aryl methyl sites for hydroxylation is 1. The maximum atomic E-state index is 11.6. The zero-order chi connectivity index (χ0) is 15.6. The molecule has 1 aromatic rings. The first-order valence-corrected chi connectivity index (χ1v) is 7.88. The van der Waals surface area contributed by atoms with Crippen LogP contribution in [0.25, 0.3) is 0 Å². The molecule has 2 N–H and O–H groups in total. The van der Waals surface area contributed by atoms with Crippen molar-refractivity contribution >= 4 is 5.97 Å². The second-order valence-electron chi connectivity index (χ2n) is 7.31. The molecule has 0 aliphatic heterocycles. The molecule has 0 heterocycles. The Morgan fingerprint density at radius 2 is 2.05 bits per heavy atom. The largest absolute Gasteiger partial charge is 0.480 e. The Hall–Kier alpha value is -1.35. The van der Waals surface area contributed by atoms with Crippen molar-refractivity contribution in [3.05, 3.63) is 35.4 Å². The molecule has 0 saturated heterocycles. The molecule has 1 aliphatic rings. The third-order valence-electron chi connectivity index (χ3n) is 4.56. The van der Waals surface area contributed by atoms with E-state index in [4.69, 9.17) is 0 Å². The van der Waals surface area contributed by atoms with Crippen LogP contribution in [0.15, 0.2) is 24.3 Å². The number of benzene rings is 1. The van der Waals surface area contributed by atoms with Crippen LogP contribution in [0.4, 0.5) is 0 Å². The first kappa shape index (κ1) is 16.0. The highest BCUT2D eigenvalue weighted by Crippen LogP contribution is 2.43. The van der Waals surface area contributed by atoms with Crippen molar-refractivity contribution in [3.8, 4) is 0 Å². The molecule has 116 valence electrons. The van der Waals surface area contributed by atoms with Gasteiger partial charge in [-0.3, -0.25) is 10.1 Å². The fourth-order valence-corrected chi connectivity index (χ4v) is 3.29. The van der Waals surface area contributed by atoms with Crippen molar-refractivity contribution in [3.63, 3.8) is 0 Å². The summed E-state index contributed by atoms with van der Waals surface area (Å²) in [6, 6.07) is 8.03. The summed E-state index contributed by atoms with van der Waals surface area (Å²) in [7, 11) is 0. The average molecular weight is 289 g/mol. The lowest BCUT2D eigenvalue weighted by Gasteiger charge is -2.42. The number of fused-ring (bicyclic) bond motifs is 1. The summed E-state index contributed by atoms with van der Waals surface area (Å²) >= 11 is 0. The van der Waals surface area contributed by atoms with E-state index in [1.807, 2.05) is 6.07 Å². The van der Waals surface area contributed by atoms with E-state index in [1.165, 1.54) is 11.1 Å². The van der Waals surface area contributed by atoms with Gasteiger partial charge in [0.25, 0.3) is 0 Å². The zero-order valence-electron chi connectivity index (χ0n) is 13.5. The standard InChI is InChI=1S/C18H27NO2/c1-12(2)11-15(17(20)21)19-16-14-8-6-5-7-13(14)9-10-18(16,3)4/h5-8,12,15-16,19H,9-11H2,1-4H3,(H,20,21). The summed E-state index contributed by atoms with van der Waals surface area (Å²) in [6.45, 7) is 8.60. The van der Waals surface area contributed by atoms with Gasteiger partial charge in [0.1, 0.15) is 6.04 Å². The molecule has 0 spiro atoms. The Bertz CT molecular complexity index is 508. The number of nitrogens with one attached hydrogen (secondary N) is 1. The van der Waals surface area contributed by atoms with Gasteiger partial charge >= 0.3 is 5.97 Å². The van der Waals surface area contributed by atoms with Crippen molar-refractivity contribution in [2.45, 2.75) is 59.0 Å². The summed E-state index contributed by atoms with van der Waals surface area (Å²) in [4.78, 5) is 11.6. The van der Waals surface area contributed by atoms with Crippen LogP contribution in [0.5, 0.6) is 0 Å². The third-order valence-corrected chi connectivity index (χ3v) is 4.56. The van der Waals surface area contributed by atoms with Gasteiger partial charge < -0.3 is 5.11 Å². The molecular weight excluding hydrogens is 262 g/mol. The number of hydrogen-bond acceptors (Lipinski definition) is 2. The first-order chi connectivity index (χ1) is 9.81. The monoisotopic (exact) mass is 289 g/mol. The summed E-state index contributed by atoms with van der Waals surface area (Å²) in [6.07, 6.45) is 2.81. The number of carbonyl (C=O) groups is 1. The number of rotatable bonds is 5. The van der Waals surface area contributed by atoms with Crippen LogP contribution in [0.2, 0.25) is 0 Å². The fraction of sp³-hybridized carbons (Fsp3) is 0.611. The Kier molecular flexibility index (Phi) is 4.72. The molecule has 2 rings (SSSR count). The minimum atomic E-state index is -0.748. The first-order valence-electron chi connectivity index (χ1n) is 7.88. The molecule has 0 saturated carbocycles. The topological polar surface area (TPSA) is 49.3 Å². The quantitative estimate of drug-likeness (QED) is 0.867. The Labute approximate surface area is 127 Å². The SMILES string of the molecule is CC(C)CC(NC1c2ccccc2CCC1(C)C)C(=O)O. The molecule has 0 radical (unpaired) electrons. The Morgan fingerprint density at radius 1 is 1.38 bits per heavy atom. The van der Waals surface area contributed by atoms with E-state index < -0.39 is 12.0 Å². The van der Waals surface area contributed by atoms with Crippen LogP contribution in [-0.4, -0.2) is 17.1 Å². The van der Waals surface area contributed by atoms with Crippen LogP contribution >= 0.6 is 0 Å². The summed E-state index contributed by atoms with van der Waals surface area (Å²) in [5.41, 5.74) is 2.69. The van der Waals surface area contributed by atoms with Crippen molar-refractivity contribution in [2.24, 2.45) is 11.3 Å². The zero-order valence-corrected chi connectivity index (χ0v) is 13.5.